The van der Waals surface area contributed by atoms with Crippen LogP contribution in [0.3, 0.4) is 0 Å². The highest BCUT2D eigenvalue weighted by atomic mass is 32.2. The second-order valence-corrected chi connectivity index (χ2v) is 6.45. The van der Waals surface area contributed by atoms with Gasteiger partial charge in [0.05, 0.1) is 17.6 Å². The number of nitrogens with zero attached hydrogens (tertiary/aromatic N) is 4. The van der Waals surface area contributed by atoms with E-state index < -0.39 is 5.51 Å². The number of hydrogen-bond acceptors (Lipinski definition) is 5. The standard InChI is InChI=1S/C14H12F3N5S.C2H6/c15-14(16,17)23-21-5-6-22-10(7-21)20-11-12(22)8-3-1-2-4-9(8)19-13(11)18;1-2/h1-4H,5-7H2,(H2,18,19);1-2H3. The van der Waals surface area contributed by atoms with Crippen LogP contribution in [0.1, 0.15) is 19.7 Å². The molecule has 5 nitrogen and oxygen atoms in total. The van der Waals surface area contributed by atoms with Crippen molar-refractivity contribution < 1.29 is 13.2 Å². The van der Waals surface area contributed by atoms with Crippen LogP contribution in [0.2, 0.25) is 0 Å². The molecule has 0 spiro atoms. The molecule has 25 heavy (non-hydrogen) atoms. The first-order chi connectivity index (χ1) is 11.9. The van der Waals surface area contributed by atoms with Gasteiger partial charge in [0.25, 0.3) is 0 Å². The molecule has 0 saturated heterocycles. The number of nitrogens with two attached hydrogens (primary N) is 1. The van der Waals surface area contributed by atoms with Gasteiger partial charge in [-0.2, -0.15) is 13.2 Å². The quantitative estimate of drug-likeness (QED) is 0.652. The molecule has 0 aliphatic carbocycles. The third kappa shape index (κ3) is 3.38. The predicted molar refractivity (Wildman–Crippen MR) is 94.9 cm³/mol. The molecule has 3 aromatic rings. The molecule has 0 radical (unpaired) electrons. The summed E-state index contributed by atoms with van der Waals surface area (Å²) in [7, 11) is 0. The SMILES string of the molecule is CC.Nc1nc2ccccc2c2c1nc1n2CCN(SC(F)(F)F)C1. The monoisotopic (exact) mass is 369 g/mol. The summed E-state index contributed by atoms with van der Waals surface area (Å²) < 4.78 is 40.9. The number of hydrogen-bond donors (Lipinski definition) is 1. The van der Waals surface area contributed by atoms with E-state index >= 15 is 0 Å². The summed E-state index contributed by atoms with van der Waals surface area (Å²) >= 11 is -0.108. The minimum absolute atomic E-state index is 0.108. The Morgan fingerprint density at radius 2 is 1.84 bits per heavy atom. The van der Waals surface area contributed by atoms with E-state index in [0.717, 1.165) is 16.4 Å². The van der Waals surface area contributed by atoms with Gasteiger partial charge >= 0.3 is 5.51 Å². The van der Waals surface area contributed by atoms with Gasteiger partial charge in [-0.05, 0) is 6.07 Å². The van der Waals surface area contributed by atoms with E-state index in [1.165, 1.54) is 4.31 Å². The smallest absolute Gasteiger partial charge is 0.382 e. The van der Waals surface area contributed by atoms with Crippen LogP contribution in [0, 0.1) is 0 Å². The molecule has 9 heteroatoms. The predicted octanol–water partition coefficient (Wildman–Crippen LogP) is 4.18. The van der Waals surface area contributed by atoms with Crippen molar-refractivity contribution in [2.24, 2.45) is 0 Å². The maximum Gasteiger partial charge on any atom is 0.456 e. The Morgan fingerprint density at radius 3 is 2.56 bits per heavy atom. The van der Waals surface area contributed by atoms with Crippen LogP contribution >= 0.6 is 11.9 Å². The molecule has 1 aliphatic heterocycles. The summed E-state index contributed by atoms with van der Waals surface area (Å²) in [5.74, 6) is 0.878. The number of alkyl halides is 3. The van der Waals surface area contributed by atoms with Crippen molar-refractivity contribution in [3.63, 3.8) is 0 Å². The molecule has 1 aliphatic rings. The van der Waals surface area contributed by atoms with Crippen molar-refractivity contribution in [1.82, 2.24) is 18.8 Å². The lowest BCUT2D eigenvalue weighted by Crippen LogP contribution is -2.31. The van der Waals surface area contributed by atoms with Gasteiger partial charge in [0.1, 0.15) is 11.3 Å². The zero-order valence-electron chi connectivity index (χ0n) is 13.8. The fourth-order valence-electron chi connectivity index (χ4n) is 2.94. The summed E-state index contributed by atoms with van der Waals surface area (Å²) in [6, 6.07) is 7.56. The fraction of sp³-hybridized carbons (Fsp3) is 0.375. The van der Waals surface area contributed by atoms with Crippen LogP contribution in [0.15, 0.2) is 24.3 Å². The number of anilines is 1. The highest BCUT2D eigenvalue weighted by Gasteiger charge is 2.35. The second kappa shape index (κ2) is 6.72. The van der Waals surface area contributed by atoms with Crippen molar-refractivity contribution in [3.8, 4) is 0 Å². The van der Waals surface area contributed by atoms with Gasteiger partial charge in [-0.1, -0.05) is 32.0 Å². The van der Waals surface area contributed by atoms with Crippen molar-refractivity contribution >= 4 is 39.7 Å². The molecule has 134 valence electrons. The highest BCUT2D eigenvalue weighted by molar-refractivity contribution is 7.97. The number of para-hydroxylation sites is 1. The van der Waals surface area contributed by atoms with Crippen LogP contribution in [-0.4, -0.2) is 30.9 Å². The van der Waals surface area contributed by atoms with Gasteiger partial charge in [0.2, 0.25) is 0 Å². The van der Waals surface area contributed by atoms with Crippen molar-refractivity contribution in [3.05, 3.63) is 30.1 Å². The van der Waals surface area contributed by atoms with E-state index in [4.69, 9.17) is 5.73 Å². The van der Waals surface area contributed by atoms with Crippen LogP contribution in [0.4, 0.5) is 19.0 Å². The molecule has 3 heterocycles. The summed E-state index contributed by atoms with van der Waals surface area (Å²) in [5.41, 5.74) is 3.85. The summed E-state index contributed by atoms with van der Waals surface area (Å²) in [6.07, 6.45) is 0. The minimum Gasteiger partial charge on any atom is -0.382 e. The molecular weight excluding hydrogens is 351 g/mol. The van der Waals surface area contributed by atoms with Gasteiger partial charge in [-0.3, -0.25) is 0 Å². The van der Waals surface area contributed by atoms with Gasteiger partial charge in [-0.25, -0.2) is 14.3 Å². The van der Waals surface area contributed by atoms with Crippen molar-refractivity contribution in [2.75, 3.05) is 12.3 Å². The number of halogens is 3. The minimum atomic E-state index is -4.29. The van der Waals surface area contributed by atoms with E-state index in [9.17, 15) is 13.2 Å². The Morgan fingerprint density at radius 1 is 1.12 bits per heavy atom. The Kier molecular flexibility index (Phi) is 4.79. The second-order valence-electron chi connectivity index (χ2n) is 5.29. The summed E-state index contributed by atoms with van der Waals surface area (Å²) in [6.45, 7) is 4.84. The maximum atomic E-state index is 12.6. The van der Waals surface area contributed by atoms with E-state index in [1.54, 1.807) is 0 Å². The van der Waals surface area contributed by atoms with Crippen molar-refractivity contribution in [1.29, 1.82) is 0 Å². The third-order valence-electron chi connectivity index (χ3n) is 3.81. The van der Waals surface area contributed by atoms with Gasteiger partial charge in [0, 0.05) is 30.4 Å². The average molecular weight is 369 g/mol. The maximum absolute atomic E-state index is 12.6. The molecule has 2 aromatic heterocycles. The number of pyridine rings is 1. The lowest BCUT2D eigenvalue weighted by molar-refractivity contribution is -0.0367. The normalized spacial score (nSPS) is 15.1. The lowest BCUT2D eigenvalue weighted by Gasteiger charge is -2.27. The Balaban J connectivity index is 0.000000880. The number of benzene rings is 1. The third-order valence-corrected chi connectivity index (χ3v) is 4.59. The molecule has 0 saturated carbocycles. The molecule has 0 amide bonds. The topological polar surface area (TPSA) is 60.0 Å². The highest BCUT2D eigenvalue weighted by Crippen LogP contribution is 2.37. The summed E-state index contributed by atoms with van der Waals surface area (Å²) in [5, 5.41) is 0.910. The largest absolute Gasteiger partial charge is 0.456 e. The molecule has 0 fully saturated rings. The number of imidazole rings is 1. The number of fused-ring (bicyclic) bond motifs is 5. The summed E-state index contributed by atoms with van der Waals surface area (Å²) in [4.78, 5) is 8.77. The molecule has 1 aromatic carbocycles. The first-order valence-corrected chi connectivity index (χ1v) is 8.74. The zero-order valence-corrected chi connectivity index (χ0v) is 14.7. The molecular formula is C16H18F3N5S. The van der Waals surface area contributed by atoms with Crippen molar-refractivity contribution in [2.45, 2.75) is 32.4 Å². The molecule has 0 bridgehead atoms. The van der Waals surface area contributed by atoms with Gasteiger partial charge in [-0.15, -0.1) is 0 Å². The van der Waals surface area contributed by atoms with Gasteiger partial charge < -0.3 is 10.3 Å². The fourth-order valence-corrected chi connectivity index (χ4v) is 3.58. The molecule has 2 N–H and O–H groups in total. The van der Waals surface area contributed by atoms with E-state index in [0.29, 0.717) is 30.2 Å². The number of nitrogen functional groups attached to an aromatic ring is 1. The average Bonchev–Trinajstić information content (AvgIpc) is 2.95. The molecule has 0 atom stereocenters. The Hall–Kier alpha value is -2.00. The Bertz CT molecular complexity index is 906. The lowest BCUT2D eigenvalue weighted by atomic mass is 10.2. The zero-order chi connectivity index (χ0) is 18.2. The number of aromatic nitrogens is 3. The number of rotatable bonds is 1. The van der Waals surface area contributed by atoms with Crippen LogP contribution in [0.5, 0.6) is 0 Å². The Labute approximate surface area is 147 Å². The van der Waals surface area contributed by atoms with E-state index in [2.05, 4.69) is 9.97 Å². The van der Waals surface area contributed by atoms with Crippen LogP contribution < -0.4 is 5.73 Å². The molecule has 0 unspecified atom stereocenters. The van der Waals surface area contributed by atoms with E-state index in [-0.39, 0.29) is 18.5 Å². The van der Waals surface area contributed by atoms with Crippen LogP contribution in [-0.2, 0) is 13.1 Å². The molecule has 4 rings (SSSR count). The van der Waals surface area contributed by atoms with E-state index in [1.807, 2.05) is 42.7 Å². The first-order valence-electron chi connectivity index (χ1n) is 7.96. The van der Waals surface area contributed by atoms with Crippen LogP contribution in [0.25, 0.3) is 21.9 Å². The first kappa shape index (κ1) is 17.8. The van der Waals surface area contributed by atoms with Gasteiger partial charge in [0.15, 0.2) is 5.82 Å².